The van der Waals surface area contributed by atoms with Crippen molar-refractivity contribution in [1.82, 2.24) is 14.7 Å². The maximum Gasteiger partial charge on any atom is 0.0976 e. The summed E-state index contributed by atoms with van der Waals surface area (Å²) >= 11 is 0. The number of aromatic amines is 1. The molecule has 0 saturated heterocycles. The zero-order valence-electron chi connectivity index (χ0n) is 10.6. The predicted molar refractivity (Wildman–Crippen MR) is 67.2 cm³/mol. The van der Waals surface area contributed by atoms with Gasteiger partial charge in [0, 0.05) is 6.20 Å². The quantitative estimate of drug-likeness (QED) is 0.851. The van der Waals surface area contributed by atoms with Crippen LogP contribution in [0.4, 0.5) is 0 Å². The molecule has 2 atom stereocenters. The van der Waals surface area contributed by atoms with Crippen LogP contribution in [-0.4, -0.2) is 18.9 Å². The summed E-state index contributed by atoms with van der Waals surface area (Å²) in [6.45, 7) is 10.1. The molecule has 0 spiro atoms. The largest absolute Gasteiger partial charge is 0.347 e. The Balaban J connectivity index is 2.78. The molecule has 0 aromatic carbocycles. The van der Waals surface area contributed by atoms with E-state index >= 15 is 0 Å². The Morgan fingerprint density at radius 2 is 2.06 bits per heavy atom. The molecule has 0 bridgehead atoms. The summed E-state index contributed by atoms with van der Waals surface area (Å²) in [5, 5.41) is 0. The zero-order chi connectivity index (χ0) is 12.3. The van der Waals surface area contributed by atoms with Crippen molar-refractivity contribution in [3.05, 3.63) is 18.2 Å². The second-order valence-corrected chi connectivity index (χ2v) is 7.23. The molecule has 0 aliphatic heterocycles. The lowest BCUT2D eigenvalue weighted by Gasteiger charge is -2.25. The topological polar surface area (TPSA) is 57.8 Å². The number of nitrogens with zero attached hydrogens (tertiary/aromatic N) is 1. The molecule has 0 amide bonds. The fourth-order valence-electron chi connectivity index (χ4n) is 1.29. The van der Waals surface area contributed by atoms with Gasteiger partial charge in [0.2, 0.25) is 0 Å². The van der Waals surface area contributed by atoms with Crippen molar-refractivity contribution in [2.75, 3.05) is 0 Å². The van der Waals surface area contributed by atoms with Crippen molar-refractivity contribution in [2.24, 2.45) is 5.92 Å². The molecule has 92 valence electrons. The molecular weight excluding hydrogens is 222 g/mol. The molecule has 1 aromatic heterocycles. The monoisotopic (exact) mass is 243 g/mol. The van der Waals surface area contributed by atoms with Crippen LogP contribution in [0.5, 0.6) is 0 Å². The Labute approximate surface area is 99.8 Å². The minimum Gasteiger partial charge on any atom is -0.347 e. The summed E-state index contributed by atoms with van der Waals surface area (Å²) in [5.74, 6) is 0.353. The summed E-state index contributed by atoms with van der Waals surface area (Å²) in [5.41, 5.74) is 0.979. The molecular formula is C11H21N3OS. The van der Waals surface area contributed by atoms with E-state index in [0.29, 0.717) is 5.92 Å². The van der Waals surface area contributed by atoms with Gasteiger partial charge in [0.15, 0.2) is 0 Å². The summed E-state index contributed by atoms with van der Waals surface area (Å²) in [7, 11) is -1.07. The molecule has 5 heteroatoms. The minimum absolute atomic E-state index is 0.0440. The maximum absolute atomic E-state index is 12.0. The number of nitrogens with one attached hydrogen (secondary N) is 2. The van der Waals surface area contributed by atoms with Gasteiger partial charge in [0.05, 0.1) is 33.8 Å². The third-order valence-corrected chi connectivity index (χ3v) is 3.89. The van der Waals surface area contributed by atoms with Crippen LogP contribution in [0.1, 0.15) is 46.4 Å². The van der Waals surface area contributed by atoms with E-state index in [2.05, 4.69) is 28.5 Å². The number of hydrogen-bond donors (Lipinski definition) is 2. The number of imidazole rings is 1. The highest BCUT2D eigenvalue weighted by atomic mass is 32.2. The highest BCUT2D eigenvalue weighted by molar-refractivity contribution is 7.84. The fraction of sp³-hybridized carbons (Fsp3) is 0.727. The van der Waals surface area contributed by atoms with E-state index in [1.54, 1.807) is 12.5 Å². The molecule has 0 fully saturated rings. The highest BCUT2D eigenvalue weighted by Gasteiger charge is 2.25. The van der Waals surface area contributed by atoms with Crippen molar-refractivity contribution >= 4 is 11.0 Å². The van der Waals surface area contributed by atoms with Gasteiger partial charge < -0.3 is 4.98 Å². The third kappa shape index (κ3) is 3.42. The lowest BCUT2D eigenvalue weighted by Crippen LogP contribution is -2.37. The predicted octanol–water partition coefficient (Wildman–Crippen LogP) is 2.16. The van der Waals surface area contributed by atoms with Crippen molar-refractivity contribution < 1.29 is 4.21 Å². The second-order valence-electron chi connectivity index (χ2n) is 5.23. The van der Waals surface area contributed by atoms with E-state index in [4.69, 9.17) is 0 Å². The molecule has 0 radical (unpaired) electrons. The molecule has 1 heterocycles. The van der Waals surface area contributed by atoms with Gasteiger partial charge in [-0.25, -0.2) is 13.9 Å². The van der Waals surface area contributed by atoms with E-state index < -0.39 is 11.0 Å². The first kappa shape index (κ1) is 13.4. The van der Waals surface area contributed by atoms with Crippen LogP contribution in [0.2, 0.25) is 0 Å². The number of hydrogen-bond acceptors (Lipinski definition) is 2. The number of H-pyrrole nitrogens is 1. The summed E-state index contributed by atoms with van der Waals surface area (Å²) in [6, 6.07) is 0.0440. The first-order valence-corrected chi connectivity index (χ1v) is 6.63. The van der Waals surface area contributed by atoms with Crippen LogP contribution >= 0.6 is 0 Å². The molecule has 2 N–H and O–H groups in total. The van der Waals surface area contributed by atoms with E-state index in [0.717, 1.165) is 5.69 Å². The second kappa shape index (κ2) is 5.10. The van der Waals surface area contributed by atoms with Gasteiger partial charge in [-0.15, -0.1) is 0 Å². The van der Waals surface area contributed by atoms with Crippen molar-refractivity contribution in [3.8, 4) is 0 Å². The van der Waals surface area contributed by atoms with Crippen LogP contribution in [0.15, 0.2) is 12.5 Å². The molecule has 1 rings (SSSR count). The summed E-state index contributed by atoms with van der Waals surface area (Å²) < 4.78 is 14.9. The SMILES string of the molecule is CC(C)[C@H](N[S@@](=O)C(C)(C)C)c1cnc[nH]1. The standard InChI is InChI=1S/C11H21N3OS/c1-8(2)10(9-6-12-7-13-9)14-16(15)11(3,4)5/h6-8,10,14H,1-5H3,(H,12,13)/t10-,16-/m0/s1. The molecule has 1 aromatic rings. The Bertz CT molecular complexity index is 341. The first-order valence-electron chi connectivity index (χ1n) is 5.48. The van der Waals surface area contributed by atoms with Gasteiger partial charge in [0.1, 0.15) is 0 Å². The average molecular weight is 243 g/mol. The molecule has 0 saturated carbocycles. The van der Waals surface area contributed by atoms with E-state index in [9.17, 15) is 4.21 Å². The van der Waals surface area contributed by atoms with Gasteiger partial charge >= 0.3 is 0 Å². The van der Waals surface area contributed by atoms with Crippen molar-refractivity contribution in [2.45, 2.75) is 45.4 Å². The summed E-state index contributed by atoms with van der Waals surface area (Å²) in [4.78, 5) is 7.07. The van der Waals surface area contributed by atoms with Crippen LogP contribution in [0, 0.1) is 5.92 Å². The lowest BCUT2D eigenvalue weighted by atomic mass is 10.0. The fourth-order valence-corrected chi connectivity index (χ4v) is 2.27. The van der Waals surface area contributed by atoms with Crippen molar-refractivity contribution in [3.63, 3.8) is 0 Å². The number of aromatic nitrogens is 2. The Morgan fingerprint density at radius 1 is 1.44 bits per heavy atom. The Hall–Kier alpha value is -0.680. The van der Waals surface area contributed by atoms with Crippen LogP contribution in [-0.2, 0) is 11.0 Å². The zero-order valence-corrected chi connectivity index (χ0v) is 11.4. The van der Waals surface area contributed by atoms with Gasteiger partial charge in [-0.1, -0.05) is 13.8 Å². The lowest BCUT2D eigenvalue weighted by molar-refractivity contribution is 0.465. The Kier molecular flexibility index (Phi) is 4.27. The Morgan fingerprint density at radius 3 is 2.44 bits per heavy atom. The van der Waals surface area contributed by atoms with E-state index in [1.165, 1.54) is 0 Å². The van der Waals surface area contributed by atoms with Gasteiger partial charge in [-0.2, -0.15) is 0 Å². The average Bonchev–Trinajstić information content (AvgIpc) is 2.63. The molecule has 0 unspecified atom stereocenters. The van der Waals surface area contributed by atoms with Crippen LogP contribution in [0.25, 0.3) is 0 Å². The van der Waals surface area contributed by atoms with Gasteiger partial charge in [-0.3, -0.25) is 0 Å². The van der Waals surface area contributed by atoms with Gasteiger partial charge in [0.25, 0.3) is 0 Å². The third-order valence-electron chi connectivity index (χ3n) is 2.31. The van der Waals surface area contributed by atoms with Crippen LogP contribution < -0.4 is 4.72 Å². The smallest absolute Gasteiger partial charge is 0.0976 e. The first-order chi connectivity index (χ1) is 7.32. The number of rotatable bonds is 4. The van der Waals surface area contributed by atoms with Gasteiger partial charge in [-0.05, 0) is 26.7 Å². The van der Waals surface area contributed by atoms with E-state index in [-0.39, 0.29) is 10.8 Å². The minimum atomic E-state index is -1.07. The van der Waals surface area contributed by atoms with Crippen molar-refractivity contribution in [1.29, 1.82) is 0 Å². The van der Waals surface area contributed by atoms with E-state index in [1.807, 2.05) is 20.8 Å². The molecule has 4 nitrogen and oxygen atoms in total. The summed E-state index contributed by atoms with van der Waals surface area (Å²) in [6.07, 6.45) is 3.42. The maximum atomic E-state index is 12.0. The normalized spacial score (nSPS) is 16.4. The van der Waals surface area contributed by atoms with Crippen LogP contribution in [0.3, 0.4) is 0 Å². The molecule has 0 aliphatic carbocycles. The molecule has 0 aliphatic rings. The molecule has 16 heavy (non-hydrogen) atoms. The highest BCUT2D eigenvalue weighted by Crippen LogP contribution is 2.22.